The van der Waals surface area contributed by atoms with Crippen LogP contribution in [0.1, 0.15) is 56.0 Å². The molecule has 23 heavy (non-hydrogen) atoms. The largest absolute Gasteiger partial charge is 0.301 e. The van der Waals surface area contributed by atoms with Crippen LogP contribution in [-0.2, 0) is 12.8 Å². The highest BCUT2D eigenvalue weighted by molar-refractivity contribution is 5.43. The Labute approximate surface area is 139 Å². The summed E-state index contributed by atoms with van der Waals surface area (Å²) in [7, 11) is 0. The van der Waals surface area contributed by atoms with E-state index >= 15 is 0 Å². The van der Waals surface area contributed by atoms with Gasteiger partial charge >= 0.3 is 0 Å². The zero-order valence-corrected chi connectivity index (χ0v) is 14.2. The molecule has 1 atom stereocenters. The van der Waals surface area contributed by atoms with E-state index in [-0.39, 0.29) is 0 Å². The predicted molar refractivity (Wildman–Crippen MR) is 97.0 cm³/mol. The van der Waals surface area contributed by atoms with Gasteiger partial charge in [0.1, 0.15) is 5.65 Å². The maximum Gasteiger partial charge on any atom is 0.137 e. The molecule has 0 saturated carbocycles. The van der Waals surface area contributed by atoms with Crippen molar-refractivity contribution in [1.29, 1.82) is 0 Å². The monoisotopic (exact) mass is 306 g/mol. The summed E-state index contributed by atoms with van der Waals surface area (Å²) in [5, 5.41) is 0. The molecule has 2 aromatic heterocycles. The smallest absolute Gasteiger partial charge is 0.137 e. The van der Waals surface area contributed by atoms with Gasteiger partial charge in [0.05, 0.1) is 0 Å². The van der Waals surface area contributed by atoms with E-state index in [0.29, 0.717) is 5.92 Å². The van der Waals surface area contributed by atoms with Gasteiger partial charge in [-0.3, -0.25) is 0 Å². The number of imidazole rings is 1. The second-order valence-electron chi connectivity index (χ2n) is 6.42. The Bertz CT molecular complexity index is 743. The van der Waals surface area contributed by atoms with Crippen molar-refractivity contribution in [2.75, 3.05) is 0 Å². The van der Waals surface area contributed by atoms with Crippen LogP contribution in [-0.4, -0.2) is 9.38 Å². The summed E-state index contributed by atoms with van der Waals surface area (Å²) in [6, 6.07) is 17.2. The molecule has 120 valence electrons. The van der Waals surface area contributed by atoms with E-state index in [0.717, 1.165) is 18.5 Å². The van der Waals surface area contributed by atoms with E-state index in [2.05, 4.69) is 78.0 Å². The standard InChI is InChI=1S/C21H26N2/c1-3-9-19-14-8-15-21-22-16-20(23(19)21)17(2)10-7-13-18-11-5-4-6-12-18/h4-6,8,11-12,14-17H,3,7,9-10,13H2,1-2H3. The van der Waals surface area contributed by atoms with Crippen LogP contribution in [0.5, 0.6) is 0 Å². The molecule has 0 amide bonds. The van der Waals surface area contributed by atoms with E-state index < -0.39 is 0 Å². The van der Waals surface area contributed by atoms with Crippen LogP contribution in [0.25, 0.3) is 5.65 Å². The molecular formula is C21H26N2. The number of aromatic nitrogens is 2. The van der Waals surface area contributed by atoms with Crippen molar-refractivity contribution in [2.24, 2.45) is 0 Å². The van der Waals surface area contributed by atoms with Crippen molar-refractivity contribution in [1.82, 2.24) is 9.38 Å². The molecule has 3 aromatic rings. The summed E-state index contributed by atoms with van der Waals surface area (Å²) in [4.78, 5) is 4.61. The lowest BCUT2D eigenvalue weighted by atomic mass is 9.98. The van der Waals surface area contributed by atoms with Crippen molar-refractivity contribution in [3.63, 3.8) is 0 Å². The van der Waals surface area contributed by atoms with Crippen LogP contribution in [0.2, 0.25) is 0 Å². The Hall–Kier alpha value is -2.09. The normalized spacial score (nSPS) is 12.6. The minimum atomic E-state index is 0.534. The van der Waals surface area contributed by atoms with Crippen LogP contribution in [0.15, 0.2) is 54.7 Å². The molecule has 1 unspecified atom stereocenters. The summed E-state index contributed by atoms with van der Waals surface area (Å²) in [5.74, 6) is 0.534. The summed E-state index contributed by atoms with van der Waals surface area (Å²) in [6.07, 6.45) is 7.92. The highest BCUT2D eigenvalue weighted by atomic mass is 15.0. The molecule has 1 aromatic carbocycles. The molecule has 0 saturated heterocycles. The first kappa shape index (κ1) is 15.8. The third-order valence-electron chi connectivity index (χ3n) is 4.59. The van der Waals surface area contributed by atoms with Gasteiger partial charge in [0.15, 0.2) is 0 Å². The molecule has 0 N–H and O–H groups in total. The molecular weight excluding hydrogens is 280 g/mol. The highest BCUT2D eigenvalue weighted by Crippen LogP contribution is 2.24. The number of benzene rings is 1. The van der Waals surface area contributed by atoms with Crippen LogP contribution in [0, 0.1) is 0 Å². The van der Waals surface area contributed by atoms with E-state index in [1.165, 1.54) is 36.2 Å². The predicted octanol–water partition coefficient (Wildman–Crippen LogP) is 5.41. The minimum Gasteiger partial charge on any atom is -0.301 e. The van der Waals surface area contributed by atoms with Crippen molar-refractivity contribution in [2.45, 2.75) is 51.9 Å². The van der Waals surface area contributed by atoms with Crippen LogP contribution in [0.3, 0.4) is 0 Å². The molecule has 0 aliphatic heterocycles. The first-order valence-electron chi connectivity index (χ1n) is 8.78. The average Bonchev–Trinajstić information content (AvgIpc) is 3.01. The number of nitrogens with zero attached hydrogens (tertiary/aromatic N) is 2. The molecule has 0 radical (unpaired) electrons. The lowest BCUT2D eigenvalue weighted by molar-refractivity contribution is 0.611. The molecule has 0 aliphatic rings. The Morgan fingerprint density at radius 1 is 1.00 bits per heavy atom. The second-order valence-corrected chi connectivity index (χ2v) is 6.42. The summed E-state index contributed by atoms with van der Waals surface area (Å²) >= 11 is 0. The van der Waals surface area contributed by atoms with Crippen molar-refractivity contribution in [3.8, 4) is 0 Å². The Kier molecular flexibility index (Phi) is 5.12. The number of fused-ring (bicyclic) bond motifs is 1. The summed E-state index contributed by atoms with van der Waals surface area (Å²) in [6.45, 7) is 4.57. The fourth-order valence-corrected chi connectivity index (χ4v) is 3.33. The number of aryl methyl sites for hydroxylation is 2. The SMILES string of the molecule is CCCc1cccc2ncc(C(C)CCCc3ccccc3)n12. The molecule has 0 spiro atoms. The van der Waals surface area contributed by atoms with Crippen LogP contribution in [0.4, 0.5) is 0 Å². The van der Waals surface area contributed by atoms with E-state index in [4.69, 9.17) is 0 Å². The number of pyridine rings is 1. The molecule has 2 nitrogen and oxygen atoms in total. The fourth-order valence-electron chi connectivity index (χ4n) is 3.33. The van der Waals surface area contributed by atoms with E-state index in [1.54, 1.807) is 0 Å². The maximum atomic E-state index is 4.61. The first-order chi connectivity index (χ1) is 11.3. The minimum absolute atomic E-state index is 0.534. The average molecular weight is 306 g/mol. The van der Waals surface area contributed by atoms with Gasteiger partial charge in [0, 0.05) is 17.6 Å². The zero-order chi connectivity index (χ0) is 16.1. The number of rotatable bonds is 7. The van der Waals surface area contributed by atoms with Gasteiger partial charge in [-0.2, -0.15) is 0 Å². The molecule has 0 aliphatic carbocycles. The zero-order valence-electron chi connectivity index (χ0n) is 14.2. The van der Waals surface area contributed by atoms with Crippen molar-refractivity contribution in [3.05, 3.63) is 71.7 Å². The Morgan fingerprint density at radius 2 is 1.83 bits per heavy atom. The molecule has 0 fully saturated rings. The van der Waals surface area contributed by atoms with Gasteiger partial charge < -0.3 is 4.40 Å². The van der Waals surface area contributed by atoms with E-state index in [1.807, 2.05) is 0 Å². The van der Waals surface area contributed by atoms with Gasteiger partial charge in [0.2, 0.25) is 0 Å². The molecule has 3 rings (SSSR count). The van der Waals surface area contributed by atoms with Crippen molar-refractivity contribution >= 4 is 5.65 Å². The Balaban J connectivity index is 1.72. The van der Waals surface area contributed by atoms with Gasteiger partial charge in [-0.25, -0.2) is 4.98 Å². The maximum absolute atomic E-state index is 4.61. The highest BCUT2D eigenvalue weighted by Gasteiger charge is 2.13. The van der Waals surface area contributed by atoms with E-state index in [9.17, 15) is 0 Å². The third kappa shape index (κ3) is 3.64. The quantitative estimate of drug-likeness (QED) is 0.570. The lowest BCUT2D eigenvalue weighted by Crippen LogP contribution is -2.04. The summed E-state index contributed by atoms with van der Waals surface area (Å²) < 4.78 is 2.37. The number of hydrogen-bond acceptors (Lipinski definition) is 1. The molecule has 2 heteroatoms. The van der Waals surface area contributed by atoms with Gasteiger partial charge in [0.25, 0.3) is 0 Å². The van der Waals surface area contributed by atoms with Gasteiger partial charge in [-0.1, -0.05) is 56.7 Å². The first-order valence-corrected chi connectivity index (χ1v) is 8.78. The molecule has 0 bridgehead atoms. The van der Waals surface area contributed by atoms with Gasteiger partial charge in [-0.05, 0) is 49.3 Å². The second kappa shape index (κ2) is 7.45. The lowest BCUT2D eigenvalue weighted by Gasteiger charge is -2.14. The van der Waals surface area contributed by atoms with Crippen LogP contribution >= 0.6 is 0 Å². The fraction of sp³-hybridized carbons (Fsp3) is 0.381. The van der Waals surface area contributed by atoms with Gasteiger partial charge in [-0.15, -0.1) is 0 Å². The summed E-state index contributed by atoms with van der Waals surface area (Å²) in [5.41, 5.74) is 5.26. The number of hydrogen-bond donors (Lipinski definition) is 0. The van der Waals surface area contributed by atoms with Crippen molar-refractivity contribution < 1.29 is 0 Å². The third-order valence-corrected chi connectivity index (χ3v) is 4.59. The molecule has 2 heterocycles. The van der Waals surface area contributed by atoms with Crippen LogP contribution < -0.4 is 0 Å². The topological polar surface area (TPSA) is 17.3 Å². The Morgan fingerprint density at radius 3 is 2.61 bits per heavy atom.